The second kappa shape index (κ2) is 10.4. The van der Waals surface area contributed by atoms with E-state index >= 15 is 0 Å². The highest BCUT2D eigenvalue weighted by Crippen LogP contribution is 2.11. The minimum Gasteiger partial charge on any atom is -0.473 e. The summed E-state index contributed by atoms with van der Waals surface area (Å²) in [6.45, 7) is 8.71. The summed E-state index contributed by atoms with van der Waals surface area (Å²) < 4.78 is 0. The number of rotatable bonds is 4. The van der Waals surface area contributed by atoms with Crippen LogP contribution < -0.4 is 0 Å². The lowest BCUT2D eigenvalue weighted by atomic mass is 10.1. The van der Waals surface area contributed by atoms with E-state index < -0.39 is 11.9 Å². The predicted molar refractivity (Wildman–Crippen MR) is 101 cm³/mol. The van der Waals surface area contributed by atoms with Crippen molar-refractivity contribution in [2.45, 2.75) is 20.0 Å². The smallest absolute Gasteiger partial charge is 0.414 e. The average Bonchev–Trinajstić information content (AvgIpc) is 2.66. The van der Waals surface area contributed by atoms with Gasteiger partial charge in [-0.15, -0.1) is 0 Å². The molecule has 2 aromatic rings. The lowest BCUT2D eigenvalue weighted by molar-refractivity contribution is -0.159. The van der Waals surface area contributed by atoms with Crippen LogP contribution in [0, 0.1) is 6.92 Å². The molecule has 0 spiro atoms. The van der Waals surface area contributed by atoms with Gasteiger partial charge in [0, 0.05) is 45.5 Å². The summed E-state index contributed by atoms with van der Waals surface area (Å²) in [4.78, 5) is 27.6. The van der Waals surface area contributed by atoms with Crippen LogP contribution in [0.3, 0.4) is 0 Å². The zero-order valence-electron chi connectivity index (χ0n) is 15.4. The second-order valence-corrected chi connectivity index (χ2v) is 6.47. The molecule has 0 bridgehead atoms. The van der Waals surface area contributed by atoms with Gasteiger partial charge in [-0.3, -0.25) is 14.8 Å². The summed E-state index contributed by atoms with van der Waals surface area (Å²) in [6.07, 6.45) is 1.88. The highest BCUT2D eigenvalue weighted by Gasteiger charge is 2.17. The van der Waals surface area contributed by atoms with Crippen LogP contribution in [0.25, 0.3) is 0 Å². The van der Waals surface area contributed by atoms with Crippen molar-refractivity contribution in [2.24, 2.45) is 0 Å². The Bertz CT molecular complexity index is 715. The molecular weight excluding hydrogens is 346 g/mol. The van der Waals surface area contributed by atoms with Gasteiger partial charge in [0.05, 0.1) is 5.69 Å². The fourth-order valence-corrected chi connectivity index (χ4v) is 2.78. The fraction of sp³-hybridized carbons (Fsp3) is 0.350. The zero-order valence-corrected chi connectivity index (χ0v) is 15.4. The fourth-order valence-electron chi connectivity index (χ4n) is 2.78. The minimum absolute atomic E-state index is 0.971. The Morgan fingerprint density at radius 2 is 1.44 bits per heavy atom. The summed E-state index contributed by atoms with van der Waals surface area (Å²) in [5.74, 6) is -3.65. The van der Waals surface area contributed by atoms with Crippen LogP contribution >= 0.6 is 0 Å². The second-order valence-electron chi connectivity index (χ2n) is 6.47. The molecule has 1 saturated heterocycles. The summed E-state index contributed by atoms with van der Waals surface area (Å²) >= 11 is 0. The first kappa shape index (κ1) is 20.5. The number of nitrogens with zero attached hydrogens (tertiary/aromatic N) is 3. The third-order valence-electron chi connectivity index (χ3n) is 4.29. The Morgan fingerprint density at radius 1 is 0.889 bits per heavy atom. The maximum atomic E-state index is 9.10. The van der Waals surface area contributed by atoms with E-state index in [0.717, 1.165) is 39.3 Å². The molecule has 3 rings (SSSR count). The Kier molecular flexibility index (Phi) is 7.91. The zero-order chi connectivity index (χ0) is 19.6. The summed E-state index contributed by atoms with van der Waals surface area (Å²) in [5.41, 5.74) is 3.92. The van der Waals surface area contributed by atoms with Gasteiger partial charge in [-0.2, -0.15) is 0 Å². The van der Waals surface area contributed by atoms with Crippen molar-refractivity contribution in [3.63, 3.8) is 0 Å². The van der Waals surface area contributed by atoms with Crippen LogP contribution in [-0.4, -0.2) is 63.1 Å². The van der Waals surface area contributed by atoms with Gasteiger partial charge in [0.15, 0.2) is 0 Å². The number of pyridine rings is 1. The Labute approximate surface area is 158 Å². The third kappa shape index (κ3) is 7.55. The minimum atomic E-state index is -1.82. The molecule has 7 nitrogen and oxygen atoms in total. The molecule has 1 aliphatic rings. The van der Waals surface area contributed by atoms with Gasteiger partial charge in [0.1, 0.15) is 0 Å². The number of carboxylic acid groups (broad SMARTS) is 2. The van der Waals surface area contributed by atoms with Crippen molar-refractivity contribution in [3.8, 4) is 0 Å². The highest BCUT2D eigenvalue weighted by atomic mass is 16.4. The molecule has 2 heterocycles. The molecule has 0 amide bonds. The largest absolute Gasteiger partial charge is 0.473 e. The molecule has 144 valence electrons. The molecule has 0 unspecified atom stereocenters. The van der Waals surface area contributed by atoms with Crippen LogP contribution in [0.4, 0.5) is 0 Å². The molecule has 2 N–H and O–H groups in total. The first-order valence-electron chi connectivity index (χ1n) is 8.80. The lowest BCUT2D eigenvalue weighted by Gasteiger charge is -2.34. The van der Waals surface area contributed by atoms with Crippen LogP contribution in [0.2, 0.25) is 0 Å². The van der Waals surface area contributed by atoms with E-state index in [0.29, 0.717) is 0 Å². The number of aryl methyl sites for hydroxylation is 1. The Hall–Kier alpha value is -2.77. The molecule has 1 fully saturated rings. The van der Waals surface area contributed by atoms with Gasteiger partial charge in [-0.1, -0.05) is 35.9 Å². The van der Waals surface area contributed by atoms with Crippen molar-refractivity contribution in [3.05, 3.63) is 65.5 Å². The number of aromatic nitrogens is 1. The van der Waals surface area contributed by atoms with E-state index in [1.807, 2.05) is 12.3 Å². The van der Waals surface area contributed by atoms with Crippen molar-refractivity contribution in [2.75, 3.05) is 26.2 Å². The molecule has 1 aliphatic heterocycles. The van der Waals surface area contributed by atoms with Crippen LogP contribution in [-0.2, 0) is 22.7 Å². The number of hydrogen-bond donors (Lipinski definition) is 2. The van der Waals surface area contributed by atoms with Crippen molar-refractivity contribution in [1.29, 1.82) is 0 Å². The van der Waals surface area contributed by atoms with Gasteiger partial charge in [-0.05, 0) is 24.6 Å². The van der Waals surface area contributed by atoms with Gasteiger partial charge >= 0.3 is 11.9 Å². The van der Waals surface area contributed by atoms with Crippen molar-refractivity contribution < 1.29 is 19.8 Å². The number of aliphatic carboxylic acids is 2. The first-order valence-corrected chi connectivity index (χ1v) is 8.80. The molecule has 0 radical (unpaired) electrons. The van der Waals surface area contributed by atoms with E-state index in [2.05, 4.69) is 58.1 Å². The monoisotopic (exact) mass is 371 g/mol. The van der Waals surface area contributed by atoms with Crippen LogP contribution in [0.15, 0.2) is 48.7 Å². The average molecular weight is 371 g/mol. The molecule has 0 aliphatic carbocycles. The molecule has 0 saturated carbocycles. The van der Waals surface area contributed by atoms with E-state index in [1.54, 1.807) is 0 Å². The topological polar surface area (TPSA) is 94.0 Å². The molecule has 1 aromatic heterocycles. The number of carboxylic acids is 2. The van der Waals surface area contributed by atoms with Gasteiger partial charge in [-0.25, -0.2) is 9.59 Å². The van der Waals surface area contributed by atoms with E-state index in [4.69, 9.17) is 19.8 Å². The summed E-state index contributed by atoms with van der Waals surface area (Å²) in [5, 5.41) is 14.8. The maximum Gasteiger partial charge on any atom is 0.414 e. The van der Waals surface area contributed by atoms with Crippen molar-refractivity contribution in [1.82, 2.24) is 14.8 Å². The third-order valence-corrected chi connectivity index (χ3v) is 4.29. The van der Waals surface area contributed by atoms with Gasteiger partial charge < -0.3 is 10.2 Å². The molecule has 1 aromatic carbocycles. The number of piperazine rings is 1. The van der Waals surface area contributed by atoms with Gasteiger partial charge in [0.25, 0.3) is 0 Å². The maximum absolute atomic E-state index is 9.10. The number of hydrogen-bond acceptors (Lipinski definition) is 5. The summed E-state index contributed by atoms with van der Waals surface area (Å²) in [7, 11) is 0. The SMILES string of the molecule is Cc1ccc(CN2CCN(Cc3ccccn3)CC2)cc1.O=C(O)C(=O)O. The first-order chi connectivity index (χ1) is 12.9. The molecule has 7 heteroatoms. The Morgan fingerprint density at radius 3 is 1.93 bits per heavy atom. The van der Waals surface area contributed by atoms with Crippen LogP contribution in [0.5, 0.6) is 0 Å². The molecular formula is C20H25N3O4. The van der Waals surface area contributed by atoms with E-state index in [-0.39, 0.29) is 0 Å². The number of benzene rings is 1. The Balaban J connectivity index is 0.000000380. The van der Waals surface area contributed by atoms with Crippen LogP contribution in [0.1, 0.15) is 16.8 Å². The van der Waals surface area contributed by atoms with E-state index in [1.165, 1.54) is 16.8 Å². The predicted octanol–water partition coefficient (Wildman–Crippen LogP) is 1.86. The standard InChI is InChI=1S/C18H23N3.C2H2O4/c1-16-5-7-17(8-6-16)14-20-10-12-21(13-11-20)15-18-4-2-3-9-19-18;3-1(4)2(5)6/h2-9H,10-15H2,1H3;(H,3,4)(H,5,6). The molecule has 27 heavy (non-hydrogen) atoms. The van der Waals surface area contributed by atoms with Gasteiger partial charge in [0.2, 0.25) is 0 Å². The van der Waals surface area contributed by atoms with E-state index in [9.17, 15) is 0 Å². The quantitative estimate of drug-likeness (QED) is 0.792. The lowest BCUT2D eigenvalue weighted by Crippen LogP contribution is -2.45. The normalized spacial score (nSPS) is 14.9. The highest BCUT2D eigenvalue weighted by molar-refractivity contribution is 6.27. The summed E-state index contributed by atoms with van der Waals surface area (Å²) in [6, 6.07) is 15.0. The van der Waals surface area contributed by atoms with Crippen molar-refractivity contribution >= 4 is 11.9 Å². The molecule has 0 atom stereocenters. The number of carbonyl (C=O) groups is 2.